The van der Waals surface area contributed by atoms with E-state index in [1.54, 1.807) is 19.4 Å². The summed E-state index contributed by atoms with van der Waals surface area (Å²) in [6.07, 6.45) is 6.33. The van der Waals surface area contributed by atoms with Gasteiger partial charge in [0, 0.05) is 50.1 Å². The minimum Gasteiger partial charge on any atom is -0.390 e. The van der Waals surface area contributed by atoms with Gasteiger partial charge in [-0.1, -0.05) is 0 Å². The number of amides is 1. The Labute approximate surface area is 161 Å². The van der Waals surface area contributed by atoms with Crippen molar-refractivity contribution in [2.24, 2.45) is 0 Å². The number of aliphatic hydroxyl groups is 1. The van der Waals surface area contributed by atoms with Gasteiger partial charge < -0.3 is 19.7 Å². The molecule has 3 atom stereocenters. The van der Waals surface area contributed by atoms with Gasteiger partial charge in [-0.3, -0.25) is 19.1 Å². The van der Waals surface area contributed by atoms with Crippen LogP contribution in [0.2, 0.25) is 0 Å². The molecule has 2 aromatic rings. The summed E-state index contributed by atoms with van der Waals surface area (Å²) in [5.74, 6) is -0.109. The van der Waals surface area contributed by atoms with Crippen molar-refractivity contribution in [3.05, 3.63) is 51.3 Å². The summed E-state index contributed by atoms with van der Waals surface area (Å²) in [4.78, 5) is 41.6. The van der Waals surface area contributed by atoms with Crippen molar-refractivity contribution >= 4 is 5.91 Å². The molecule has 1 aliphatic rings. The van der Waals surface area contributed by atoms with Crippen molar-refractivity contribution in [1.82, 2.24) is 24.4 Å². The quantitative estimate of drug-likeness (QED) is 0.529. The lowest BCUT2D eigenvalue weighted by Crippen LogP contribution is -2.33. The van der Waals surface area contributed by atoms with Gasteiger partial charge in [0.05, 0.1) is 18.5 Å². The van der Waals surface area contributed by atoms with Crippen molar-refractivity contribution in [1.29, 1.82) is 0 Å². The molecule has 1 saturated heterocycles. The highest BCUT2D eigenvalue weighted by molar-refractivity contribution is 5.75. The van der Waals surface area contributed by atoms with Crippen LogP contribution in [0.1, 0.15) is 37.5 Å². The summed E-state index contributed by atoms with van der Waals surface area (Å²) in [6, 6.07) is 0. The number of ether oxygens (including phenoxy) is 1. The van der Waals surface area contributed by atoms with Crippen LogP contribution in [0.5, 0.6) is 0 Å². The first-order valence-electron chi connectivity index (χ1n) is 9.32. The Hall–Kier alpha value is -2.72. The van der Waals surface area contributed by atoms with Crippen LogP contribution in [-0.4, -0.2) is 48.9 Å². The fourth-order valence-electron chi connectivity index (χ4n) is 3.22. The van der Waals surface area contributed by atoms with Crippen LogP contribution in [0.25, 0.3) is 0 Å². The third kappa shape index (κ3) is 4.96. The highest BCUT2D eigenvalue weighted by atomic mass is 16.5. The molecule has 0 saturated carbocycles. The van der Waals surface area contributed by atoms with Gasteiger partial charge >= 0.3 is 5.69 Å². The largest absolute Gasteiger partial charge is 0.390 e. The number of imidazole rings is 1. The van der Waals surface area contributed by atoms with Gasteiger partial charge in [-0.2, -0.15) is 0 Å². The summed E-state index contributed by atoms with van der Waals surface area (Å²) in [5, 5.41) is 13.1. The van der Waals surface area contributed by atoms with E-state index in [2.05, 4.69) is 15.3 Å². The molecule has 0 unspecified atom stereocenters. The first kappa shape index (κ1) is 20.0. The van der Waals surface area contributed by atoms with Crippen molar-refractivity contribution < 1.29 is 14.6 Å². The molecule has 28 heavy (non-hydrogen) atoms. The van der Waals surface area contributed by atoms with E-state index < -0.39 is 29.7 Å². The van der Waals surface area contributed by atoms with Gasteiger partial charge in [-0.05, 0) is 19.8 Å². The normalized spacial score (nSPS) is 21.7. The maximum absolute atomic E-state index is 12.0. The van der Waals surface area contributed by atoms with Crippen LogP contribution in [0.3, 0.4) is 0 Å². The molecule has 0 radical (unpaired) electrons. The molecule has 3 rings (SSSR count). The van der Waals surface area contributed by atoms with E-state index in [4.69, 9.17) is 4.74 Å². The lowest BCUT2D eigenvalue weighted by molar-refractivity contribution is -0.122. The van der Waals surface area contributed by atoms with Gasteiger partial charge in [0.25, 0.3) is 5.56 Å². The number of nitrogens with zero attached hydrogens (tertiary/aromatic N) is 3. The van der Waals surface area contributed by atoms with Crippen LogP contribution in [0, 0.1) is 6.92 Å². The Morgan fingerprint density at radius 1 is 1.46 bits per heavy atom. The summed E-state index contributed by atoms with van der Waals surface area (Å²) in [7, 11) is 0. The average molecular weight is 391 g/mol. The molecule has 0 aromatic carbocycles. The topological polar surface area (TPSA) is 131 Å². The van der Waals surface area contributed by atoms with Crippen molar-refractivity contribution in [3.63, 3.8) is 0 Å². The van der Waals surface area contributed by atoms with Crippen molar-refractivity contribution in [2.75, 3.05) is 6.54 Å². The second-order valence-corrected chi connectivity index (χ2v) is 6.95. The molecular formula is C18H25N5O5. The standard InChI is InChI=1S/C18H25N5O5/c1-12-10-23(18(27)21-17(12)26)16-9-13(24)14(28-16)3-4-15(25)20-5-2-7-22-8-6-19-11-22/h6,8,10-11,13-14,16,24H,2-5,7,9H2,1H3,(H,20,25)(H,21,26,27)/t13-,14+,16+/m0/s1. The van der Waals surface area contributed by atoms with Crippen LogP contribution in [0.15, 0.2) is 34.5 Å². The second kappa shape index (κ2) is 8.98. The lowest BCUT2D eigenvalue weighted by atomic mass is 10.1. The molecule has 1 aliphatic heterocycles. The maximum atomic E-state index is 12.0. The number of hydrogen-bond donors (Lipinski definition) is 3. The molecule has 0 aliphatic carbocycles. The van der Waals surface area contributed by atoms with E-state index in [1.807, 2.05) is 10.8 Å². The molecule has 152 valence electrons. The Balaban J connectivity index is 1.43. The molecule has 10 nitrogen and oxygen atoms in total. The van der Waals surface area contributed by atoms with E-state index in [9.17, 15) is 19.5 Å². The minimum absolute atomic E-state index is 0.109. The Bertz CT molecular complexity index is 904. The first-order valence-corrected chi connectivity index (χ1v) is 9.32. The highest BCUT2D eigenvalue weighted by Gasteiger charge is 2.35. The zero-order valence-electron chi connectivity index (χ0n) is 15.7. The predicted octanol–water partition coefficient (Wildman–Crippen LogP) is -0.323. The zero-order chi connectivity index (χ0) is 20.1. The number of nitrogens with one attached hydrogen (secondary N) is 2. The van der Waals surface area contributed by atoms with Crippen LogP contribution >= 0.6 is 0 Å². The van der Waals surface area contributed by atoms with E-state index >= 15 is 0 Å². The van der Waals surface area contributed by atoms with Crippen LogP contribution in [0.4, 0.5) is 0 Å². The van der Waals surface area contributed by atoms with E-state index in [-0.39, 0.29) is 18.7 Å². The summed E-state index contributed by atoms with van der Waals surface area (Å²) < 4.78 is 8.98. The minimum atomic E-state index is -0.779. The summed E-state index contributed by atoms with van der Waals surface area (Å²) in [6.45, 7) is 2.92. The molecule has 10 heteroatoms. The van der Waals surface area contributed by atoms with E-state index in [1.165, 1.54) is 10.8 Å². The molecule has 3 heterocycles. The molecule has 1 amide bonds. The molecule has 0 bridgehead atoms. The number of carbonyl (C=O) groups excluding carboxylic acids is 1. The fourth-order valence-corrected chi connectivity index (χ4v) is 3.22. The van der Waals surface area contributed by atoms with Crippen molar-refractivity contribution in [3.8, 4) is 0 Å². The molecule has 3 N–H and O–H groups in total. The third-order valence-corrected chi connectivity index (χ3v) is 4.79. The summed E-state index contributed by atoms with van der Waals surface area (Å²) >= 11 is 0. The zero-order valence-corrected chi connectivity index (χ0v) is 15.7. The molecule has 2 aromatic heterocycles. The smallest absolute Gasteiger partial charge is 0.330 e. The Morgan fingerprint density at radius 3 is 3.04 bits per heavy atom. The Kier molecular flexibility index (Phi) is 6.42. The number of aromatic amines is 1. The predicted molar refractivity (Wildman–Crippen MR) is 99.7 cm³/mol. The maximum Gasteiger partial charge on any atom is 0.330 e. The number of rotatable bonds is 8. The van der Waals surface area contributed by atoms with Gasteiger partial charge in [0.2, 0.25) is 5.91 Å². The van der Waals surface area contributed by atoms with Gasteiger partial charge in [-0.25, -0.2) is 9.78 Å². The van der Waals surface area contributed by atoms with E-state index in [0.29, 0.717) is 18.5 Å². The van der Waals surface area contributed by atoms with Gasteiger partial charge in [-0.15, -0.1) is 0 Å². The SMILES string of the molecule is Cc1cn([C@H]2C[C@H](O)[C@@H](CCC(=O)NCCCn3ccnc3)O2)c(=O)[nH]c1=O. The Morgan fingerprint density at radius 2 is 2.29 bits per heavy atom. The van der Waals surface area contributed by atoms with Crippen LogP contribution < -0.4 is 16.6 Å². The lowest BCUT2D eigenvalue weighted by Gasteiger charge is -2.16. The first-order chi connectivity index (χ1) is 13.4. The van der Waals surface area contributed by atoms with Crippen LogP contribution in [-0.2, 0) is 16.1 Å². The number of aromatic nitrogens is 4. The number of aliphatic hydroxyl groups excluding tert-OH is 1. The van der Waals surface area contributed by atoms with E-state index in [0.717, 1.165) is 13.0 Å². The molecule has 0 spiro atoms. The van der Waals surface area contributed by atoms with Gasteiger partial charge in [0.15, 0.2) is 0 Å². The number of H-pyrrole nitrogens is 1. The fraction of sp³-hybridized carbons (Fsp3) is 0.556. The molecular weight excluding hydrogens is 366 g/mol. The number of hydrogen-bond acceptors (Lipinski definition) is 6. The van der Waals surface area contributed by atoms with Crippen molar-refractivity contribution in [2.45, 2.75) is 57.6 Å². The number of carbonyl (C=O) groups is 1. The summed E-state index contributed by atoms with van der Waals surface area (Å²) in [5.41, 5.74) is -0.638. The third-order valence-electron chi connectivity index (χ3n) is 4.79. The highest BCUT2D eigenvalue weighted by Crippen LogP contribution is 2.30. The monoisotopic (exact) mass is 391 g/mol. The number of aryl methyl sites for hydroxylation is 2. The van der Waals surface area contributed by atoms with Gasteiger partial charge in [0.1, 0.15) is 6.23 Å². The molecule has 1 fully saturated rings. The average Bonchev–Trinajstić information content (AvgIpc) is 3.30. The second-order valence-electron chi connectivity index (χ2n) is 6.95.